The number of anilines is 1. The van der Waals surface area contributed by atoms with E-state index >= 15 is 0 Å². The number of carbonyl (C=O) groups excluding carboxylic acids is 1. The predicted octanol–water partition coefficient (Wildman–Crippen LogP) is 5.70. The van der Waals surface area contributed by atoms with Crippen molar-refractivity contribution in [3.05, 3.63) is 69.4 Å². The van der Waals surface area contributed by atoms with Crippen LogP contribution in [0.1, 0.15) is 21.7 Å². The maximum Gasteiger partial charge on any atom is 0.293 e. The predicted molar refractivity (Wildman–Crippen MR) is 115 cm³/mol. The zero-order valence-corrected chi connectivity index (χ0v) is 17.3. The second-order valence-electron chi connectivity index (χ2n) is 6.18. The molecule has 3 rings (SSSR count). The number of nitrogens with one attached hydrogen (secondary N) is 2. The first-order valence-electron chi connectivity index (χ1n) is 8.22. The third kappa shape index (κ3) is 4.47. The summed E-state index contributed by atoms with van der Waals surface area (Å²) in [6.45, 7) is 3.68. The Bertz CT molecular complexity index is 1080. The highest BCUT2D eigenvalue weighted by Gasteiger charge is 2.15. The van der Waals surface area contributed by atoms with Crippen LogP contribution < -0.4 is 10.6 Å². The van der Waals surface area contributed by atoms with Crippen molar-refractivity contribution >= 4 is 52.1 Å². The van der Waals surface area contributed by atoms with E-state index in [1.165, 1.54) is 6.07 Å². The maximum atomic E-state index is 12.4. The van der Waals surface area contributed by atoms with E-state index in [-0.39, 0.29) is 16.6 Å². The summed E-state index contributed by atoms with van der Waals surface area (Å²) in [5, 5.41) is 16.3. The van der Waals surface area contributed by atoms with Gasteiger partial charge in [0.1, 0.15) is 11.5 Å². The lowest BCUT2D eigenvalue weighted by Gasteiger charge is -2.12. The summed E-state index contributed by atoms with van der Waals surface area (Å²) >= 11 is 17.1. The fraction of sp³-hybridized carbons (Fsp3) is 0.100. The van der Waals surface area contributed by atoms with Crippen LogP contribution in [0, 0.1) is 13.8 Å². The summed E-state index contributed by atoms with van der Waals surface area (Å²) in [4.78, 5) is 12.4. The molecule has 1 amide bonds. The number of hydrogen-bond donors (Lipinski definition) is 3. The number of aryl methyl sites for hydroxylation is 2. The van der Waals surface area contributed by atoms with Crippen LogP contribution in [0.3, 0.4) is 0 Å². The molecule has 1 heterocycles. The van der Waals surface area contributed by atoms with Crippen molar-refractivity contribution in [2.45, 2.75) is 13.8 Å². The first kappa shape index (κ1) is 20.2. The molecule has 0 bridgehead atoms. The number of phenolic OH excluding ortho intramolecular Hbond substituents is 1. The van der Waals surface area contributed by atoms with Crippen LogP contribution in [0.5, 0.6) is 5.75 Å². The first-order chi connectivity index (χ1) is 13.2. The number of furan rings is 1. The van der Waals surface area contributed by atoms with Gasteiger partial charge in [-0.1, -0.05) is 29.3 Å². The van der Waals surface area contributed by atoms with Crippen LogP contribution in [-0.4, -0.2) is 16.1 Å². The highest BCUT2D eigenvalue weighted by molar-refractivity contribution is 7.80. The molecule has 0 atom stereocenters. The monoisotopic (exact) mass is 434 g/mol. The molecule has 0 aliphatic heterocycles. The molecule has 28 heavy (non-hydrogen) atoms. The van der Waals surface area contributed by atoms with Crippen LogP contribution in [0.4, 0.5) is 5.69 Å². The Hall–Kier alpha value is -2.54. The van der Waals surface area contributed by atoms with Crippen molar-refractivity contribution in [2.75, 3.05) is 5.32 Å². The highest BCUT2D eigenvalue weighted by Crippen LogP contribution is 2.30. The van der Waals surface area contributed by atoms with E-state index in [4.69, 9.17) is 39.8 Å². The van der Waals surface area contributed by atoms with Gasteiger partial charge in [0, 0.05) is 5.56 Å². The van der Waals surface area contributed by atoms with Gasteiger partial charge >= 0.3 is 0 Å². The fourth-order valence-corrected chi connectivity index (χ4v) is 3.14. The Balaban J connectivity index is 1.71. The van der Waals surface area contributed by atoms with E-state index in [1.807, 2.05) is 13.0 Å². The zero-order valence-electron chi connectivity index (χ0n) is 15.0. The Morgan fingerprint density at radius 3 is 2.54 bits per heavy atom. The third-order valence-corrected chi connectivity index (χ3v) is 4.90. The van der Waals surface area contributed by atoms with Crippen LogP contribution in [0.2, 0.25) is 10.0 Å². The minimum Gasteiger partial charge on any atom is -0.505 e. The molecule has 0 fully saturated rings. The molecule has 1 aromatic heterocycles. The number of thiocarbonyl (C=S) groups is 1. The lowest BCUT2D eigenvalue weighted by atomic mass is 10.1. The third-order valence-electron chi connectivity index (χ3n) is 3.95. The molecule has 2 aromatic carbocycles. The van der Waals surface area contributed by atoms with E-state index in [2.05, 4.69) is 10.6 Å². The standard InChI is InChI=1S/C20H16Cl2N2O3S/c1-10-7-11(2)18(25)15(8-10)23-20(28)24-19(26)17-6-5-16(27-17)12-3-4-13(21)14(22)9-12/h3-9,25H,1-2H3,(H2,23,24,26,28). The molecule has 0 saturated heterocycles. The Morgan fingerprint density at radius 1 is 1.07 bits per heavy atom. The second kappa shape index (κ2) is 8.22. The number of phenols is 1. The van der Waals surface area contributed by atoms with Crippen LogP contribution >= 0.6 is 35.4 Å². The normalized spacial score (nSPS) is 10.6. The van der Waals surface area contributed by atoms with Gasteiger partial charge in [-0.25, -0.2) is 0 Å². The van der Waals surface area contributed by atoms with Gasteiger partial charge in [-0.15, -0.1) is 0 Å². The average Bonchev–Trinajstić information content (AvgIpc) is 3.12. The number of carbonyl (C=O) groups is 1. The SMILES string of the molecule is Cc1cc(C)c(O)c(NC(=S)NC(=O)c2ccc(-c3ccc(Cl)c(Cl)c3)o2)c1. The summed E-state index contributed by atoms with van der Waals surface area (Å²) in [7, 11) is 0. The van der Waals surface area contributed by atoms with Crippen molar-refractivity contribution in [1.82, 2.24) is 5.32 Å². The lowest BCUT2D eigenvalue weighted by molar-refractivity contribution is 0.0951. The molecule has 0 saturated carbocycles. The van der Waals surface area contributed by atoms with Crippen molar-refractivity contribution in [3.63, 3.8) is 0 Å². The van der Waals surface area contributed by atoms with Gasteiger partial charge in [0.05, 0.1) is 15.7 Å². The smallest absolute Gasteiger partial charge is 0.293 e. The van der Waals surface area contributed by atoms with Crippen LogP contribution in [-0.2, 0) is 0 Å². The van der Waals surface area contributed by atoms with E-state index in [1.54, 1.807) is 37.3 Å². The van der Waals surface area contributed by atoms with Gasteiger partial charge < -0.3 is 14.8 Å². The molecule has 3 aromatic rings. The minimum atomic E-state index is -0.521. The summed E-state index contributed by atoms with van der Waals surface area (Å²) in [5.74, 6) is 0.0965. The number of halogens is 2. The average molecular weight is 435 g/mol. The van der Waals surface area contributed by atoms with Gasteiger partial charge in [0.2, 0.25) is 0 Å². The number of hydrogen-bond acceptors (Lipinski definition) is 4. The van der Waals surface area contributed by atoms with E-state index in [0.29, 0.717) is 32.6 Å². The second-order valence-corrected chi connectivity index (χ2v) is 7.40. The van der Waals surface area contributed by atoms with Crippen molar-refractivity contribution in [1.29, 1.82) is 0 Å². The fourth-order valence-electron chi connectivity index (χ4n) is 2.64. The molecular formula is C20H16Cl2N2O3S. The summed E-state index contributed by atoms with van der Waals surface area (Å²) in [5.41, 5.74) is 2.76. The highest BCUT2D eigenvalue weighted by atomic mass is 35.5. The van der Waals surface area contributed by atoms with E-state index < -0.39 is 5.91 Å². The number of amides is 1. The number of rotatable bonds is 3. The van der Waals surface area contributed by atoms with Gasteiger partial charge in [-0.05, 0) is 73.6 Å². The first-order valence-corrected chi connectivity index (χ1v) is 9.39. The molecule has 0 aliphatic rings. The quantitative estimate of drug-likeness (QED) is 0.363. The van der Waals surface area contributed by atoms with E-state index in [9.17, 15) is 9.90 Å². The topological polar surface area (TPSA) is 74.5 Å². The molecule has 144 valence electrons. The molecule has 3 N–H and O–H groups in total. The summed E-state index contributed by atoms with van der Waals surface area (Å²) in [6, 6.07) is 11.8. The summed E-state index contributed by atoms with van der Waals surface area (Å²) < 4.78 is 5.59. The van der Waals surface area contributed by atoms with Crippen molar-refractivity contribution < 1.29 is 14.3 Å². The molecule has 0 spiro atoms. The van der Waals surface area contributed by atoms with Gasteiger partial charge in [-0.2, -0.15) is 0 Å². The van der Waals surface area contributed by atoms with Gasteiger partial charge in [0.15, 0.2) is 10.9 Å². The van der Waals surface area contributed by atoms with Crippen LogP contribution in [0.25, 0.3) is 11.3 Å². The van der Waals surface area contributed by atoms with Gasteiger partial charge in [0.25, 0.3) is 5.91 Å². The Labute approximate surface area is 177 Å². The molecule has 8 heteroatoms. The molecule has 0 radical (unpaired) electrons. The molecular weight excluding hydrogens is 419 g/mol. The summed E-state index contributed by atoms with van der Waals surface area (Å²) in [6.07, 6.45) is 0. The Kier molecular flexibility index (Phi) is 5.93. The number of benzene rings is 2. The van der Waals surface area contributed by atoms with Gasteiger partial charge in [-0.3, -0.25) is 10.1 Å². The van der Waals surface area contributed by atoms with E-state index in [0.717, 1.165) is 5.56 Å². The zero-order chi connectivity index (χ0) is 20.4. The Morgan fingerprint density at radius 2 is 1.82 bits per heavy atom. The number of aromatic hydroxyl groups is 1. The molecule has 0 unspecified atom stereocenters. The van der Waals surface area contributed by atoms with Crippen molar-refractivity contribution in [2.24, 2.45) is 0 Å². The largest absolute Gasteiger partial charge is 0.505 e. The minimum absolute atomic E-state index is 0.0396. The maximum absolute atomic E-state index is 12.4. The van der Waals surface area contributed by atoms with Crippen LogP contribution in [0.15, 0.2) is 46.9 Å². The van der Waals surface area contributed by atoms with Crippen molar-refractivity contribution in [3.8, 4) is 17.1 Å². The lowest BCUT2D eigenvalue weighted by Crippen LogP contribution is -2.33. The molecule has 0 aliphatic carbocycles. The molecule has 5 nitrogen and oxygen atoms in total.